The number of thiazole rings is 1. The molecule has 3 rings (SSSR count). The smallest absolute Gasteiger partial charge is 0.0954 e. The van der Waals surface area contributed by atoms with E-state index in [1.165, 1.54) is 15.8 Å². The molecule has 2 aromatic carbocycles. The van der Waals surface area contributed by atoms with E-state index in [2.05, 4.69) is 54.4 Å². The highest BCUT2D eigenvalue weighted by Gasteiger charge is 2.10. The highest BCUT2D eigenvalue weighted by molar-refractivity contribution is 7.18. The Kier molecular flexibility index (Phi) is 3.81. The molecule has 0 saturated carbocycles. The Balaban J connectivity index is 1.72. The minimum atomic E-state index is 0.122. The second-order valence-corrected chi connectivity index (χ2v) is 6.29. The molecule has 0 aliphatic heterocycles. The molecule has 0 aliphatic rings. The standard InChI is InChI=1S/C17H18N2S/c1-12-6-2-3-7-13(12)10-14(18)11-17-19-15-8-4-5-9-16(15)20-17/h2-9,14H,10-11,18H2,1H3. The Morgan fingerprint density at radius 2 is 1.80 bits per heavy atom. The first-order chi connectivity index (χ1) is 9.72. The van der Waals surface area contributed by atoms with Crippen molar-refractivity contribution in [3.8, 4) is 0 Å². The fourth-order valence-corrected chi connectivity index (χ4v) is 3.49. The van der Waals surface area contributed by atoms with Gasteiger partial charge in [-0.25, -0.2) is 4.98 Å². The van der Waals surface area contributed by atoms with E-state index in [0.29, 0.717) is 0 Å². The Morgan fingerprint density at radius 1 is 1.05 bits per heavy atom. The highest BCUT2D eigenvalue weighted by atomic mass is 32.1. The summed E-state index contributed by atoms with van der Waals surface area (Å²) >= 11 is 1.75. The van der Waals surface area contributed by atoms with E-state index in [9.17, 15) is 0 Å². The zero-order chi connectivity index (χ0) is 13.9. The fraction of sp³-hybridized carbons (Fsp3) is 0.235. The van der Waals surface area contributed by atoms with Crippen molar-refractivity contribution in [2.45, 2.75) is 25.8 Å². The van der Waals surface area contributed by atoms with E-state index in [0.717, 1.165) is 23.4 Å². The van der Waals surface area contributed by atoms with Crippen LogP contribution in [0.2, 0.25) is 0 Å². The van der Waals surface area contributed by atoms with E-state index in [4.69, 9.17) is 5.73 Å². The van der Waals surface area contributed by atoms with Crippen molar-refractivity contribution in [2.24, 2.45) is 5.73 Å². The molecule has 0 bridgehead atoms. The molecule has 0 fully saturated rings. The Bertz CT molecular complexity index is 685. The van der Waals surface area contributed by atoms with Gasteiger partial charge in [0.25, 0.3) is 0 Å². The van der Waals surface area contributed by atoms with Gasteiger partial charge in [0.15, 0.2) is 0 Å². The molecule has 1 aromatic heterocycles. The number of nitrogens with two attached hydrogens (primary N) is 1. The lowest BCUT2D eigenvalue weighted by atomic mass is 10.0. The molecule has 0 radical (unpaired) electrons. The molecular formula is C17H18N2S. The largest absolute Gasteiger partial charge is 0.327 e. The molecule has 1 heterocycles. The molecule has 20 heavy (non-hydrogen) atoms. The van der Waals surface area contributed by atoms with Gasteiger partial charge in [0.2, 0.25) is 0 Å². The van der Waals surface area contributed by atoms with E-state index in [1.807, 2.05) is 6.07 Å². The molecule has 0 spiro atoms. The van der Waals surface area contributed by atoms with E-state index in [-0.39, 0.29) is 6.04 Å². The third kappa shape index (κ3) is 2.89. The van der Waals surface area contributed by atoms with Crippen LogP contribution in [0.25, 0.3) is 10.2 Å². The monoisotopic (exact) mass is 282 g/mol. The Labute approximate surface area is 123 Å². The SMILES string of the molecule is Cc1ccccc1CC(N)Cc1nc2ccccc2s1. The predicted molar refractivity (Wildman–Crippen MR) is 86.2 cm³/mol. The van der Waals surface area contributed by atoms with E-state index < -0.39 is 0 Å². The third-order valence-electron chi connectivity index (χ3n) is 3.52. The lowest BCUT2D eigenvalue weighted by molar-refractivity contribution is 0.661. The van der Waals surface area contributed by atoms with Crippen LogP contribution in [0.3, 0.4) is 0 Å². The summed E-state index contributed by atoms with van der Waals surface area (Å²) in [6.07, 6.45) is 1.75. The van der Waals surface area contributed by atoms with Crippen LogP contribution >= 0.6 is 11.3 Å². The topological polar surface area (TPSA) is 38.9 Å². The van der Waals surface area contributed by atoms with Crippen molar-refractivity contribution >= 4 is 21.6 Å². The van der Waals surface area contributed by atoms with Gasteiger partial charge in [0.05, 0.1) is 15.2 Å². The number of rotatable bonds is 4. The Morgan fingerprint density at radius 3 is 2.60 bits per heavy atom. The molecule has 1 unspecified atom stereocenters. The van der Waals surface area contributed by atoms with Crippen molar-refractivity contribution < 1.29 is 0 Å². The van der Waals surface area contributed by atoms with E-state index in [1.54, 1.807) is 11.3 Å². The number of fused-ring (bicyclic) bond motifs is 1. The number of benzene rings is 2. The molecule has 1 atom stereocenters. The van der Waals surface area contributed by atoms with Gasteiger partial charge in [-0.05, 0) is 36.6 Å². The van der Waals surface area contributed by atoms with Crippen LogP contribution in [0.5, 0.6) is 0 Å². The molecule has 2 N–H and O–H groups in total. The number of aromatic nitrogens is 1. The summed E-state index contributed by atoms with van der Waals surface area (Å²) in [5.74, 6) is 0. The van der Waals surface area contributed by atoms with Gasteiger partial charge in [-0.3, -0.25) is 0 Å². The van der Waals surface area contributed by atoms with Crippen LogP contribution in [-0.2, 0) is 12.8 Å². The summed E-state index contributed by atoms with van der Waals surface area (Å²) < 4.78 is 1.24. The van der Waals surface area contributed by atoms with Crippen molar-refractivity contribution in [1.82, 2.24) is 4.98 Å². The Hall–Kier alpha value is -1.71. The van der Waals surface area contributed by atoms with Crippen LogP contribution in [-0.4, -0.2) is 11.0 Å². The summed E-state index contributed by atoms with van der Waals surface area (Å²) in [6, 6.07) is 16.8. The lowest BCUT2D eigenvalue weighted by Crippen LogP contribution is -2.25. The quantitative estimate of drug-likeness (QED) is 0.792. The van der Waals surface area contributed by atoms with Crippen LogP contribution in [0, 0.1) is 6.92 Å². The van der Waals surface area contributed by atoms with Crippen LogP contribution in [0.4, 0.5) is 0 Å². The molecule has 3 heteroatoms. The summed E-state index contributed by atoms with van der Waals surface area (Å²) in [5, 5.41) is 1.13. The number of para-hydroxylation sites is 1. The normalized spacial score (nSPS) is 12.7. The summed E-state index contributed by atoms with van der Waals surface area (Å²) in [5.41, 5.74) is 10.0. The maximum atomic E-state index is 6.30. The summed E-state index contributed by atoms with van der Waals surface area (Å²) in [7, 11) is 0. The average Bonchev–Trinajstić information content (AvgIpc) is 2.83. The second kappa shape index (κ2) is 5.73. The molecule has 0 aliphatic carbocycles. The zero-order valence-electron chi connectivity index (χ0n) is 11.5. The van der Waals surface area contributed by atoms with Gasteiger partial charge >= 0.3 is 0 Å². The molecule has 102 valence electrons. The van der Waals surface area contributed by atoms with E-state index >= 15 is 0 Å². The van der Waals surface area contributed by atoms with Gasteiger partial charge in [-0.1, -0.05) is 36.4 Å². The van der Waals surface area contributed by atoms with Gasteiger partial charge < -0.3 is 5.73 Å². The molecular weight excluding hydrogens is 264 g/mol. The van der Waals surface area contributed by atoms with Gasteiger partial charge in [-0.2, -0.15) is 0 Å². The lowest BCUT2D eigenvalue weighted by Gasteiger charge is -2.11. The summed E-state index contributed by atoms with van der Waals surface area (Å²) in [4.78, 5) is 4.66. The number of hydrogen-bond acceptors (Lipinski definition) is 3. The van der Waals surface area contributed by atoms with Crippen molar-refractivity contribution in [1.29, 1.82) is 0 Å². The summed E-state index contributed by atoms with van der Waals surface area (Å²) in [6.45, 7) is 2.14. The fourth-order valence-electron chi connectivity index (χ4n) is 2.43. The molecule has 0 saturated heterocycles. The number of hydrogen-bond donors (Lipinski definition) is 1. The zero-order valence-corrected chi connectivity index (χ0v) is 12.4. The van der Waals surface area contributed by atoms with Crippen LogP contribution < -0.4 is 5.73 Å². The van der Waals surface area contributed by atoms with Gasteiger partial charge in [0, 0.05) is 12.5 Å². The highest BCUT2D eigenvalue weighted by Crippen LogP contribution is 2.23. The second-order valence-electron chi connectivity index (χ2n) is 5.17. The number of nitrogens with zero attached hydrogens (tertiary/aromatic N) is 1. The molecule has 3 aromatic rings. The minimum absolute atomic E-state index is 0.122. The number of aryl methyl sites for hydroxylation is 1. The van der Waals surface area contributed by atoms with Gasteiger partial charge in [0.1, 0.15) is 0 Å². The average molecular weight is 282 g/mol. The van der Waals surface area contributed by atoms with Gasteiger partial charge in [-0.15, -0.1) is 11.3 Å². The molecule has 0 amide bonds. The molecule has 2 nitrogen and oxygen atoms in total. The van der Waals surface area contributed by atoms with Crippen LogP contribution in [0.15, 0.2) is 48.5 Å². The van der Waals surface area contributed by atoms with Crippen LogP contribution in [0.1, 0.15) is 16.1 Å². The first-order valence-corrected chi connectivity index (χ1v) is 7.68. The maximum absolute atomic E-state index is 6.30. The maximum Gasteiger partial charge on any atom is 0.0954 e. The predicted octanol–water partition coefficient (Wildman–Crippen LogP) is 3.72. The van der Waals surface area contributed by atoms with Crippen molar-refractivity contribution in [3.63, 3.8) is 0 Å². The first-order valence-electron chi connectivity index (χ1n) is 6.87. The third-order valence-corrected chi connectivity index (χ3v) is 4.58. The first kappa shape index (κ1) is 13.3. The van der Waals surface area contributed by atoms with Crippen molar-refractivity contribution in [3.05, 3.63) is 64.7 Å². The minimum Gasteiger partial charge on any atom is -0.327 e. The van der Waals surface area contributed by atoms with Crippen molar-refractivity contribution in [2.75, 3.05) is 0 Å².